The second kappa shape index (κ2) is 5.37. The second-order valence-electron chi connectivity index (χ2n) is 4.34. The topological polar surface area (TPSA) is 87.7 Å². The van der Waals surface area contributed by atoms with E-state index in [9.17, 15) is 8.42 Å². The lowest BCUT2D eigenvalue weighted by Crippen LogP contribution is -2.12. The van der Waals surface area contributed by atoms with Crippen LogP contribution in [-0.4, -0.2) is 23.6 Å². The van der Waals surface area contributed by atoms with Crippen LogP contribution in [0.3, 0.4) is 0 Å². The molecule has 0 spiro atoms. The van der Waals surface area contributed by atoms with Crippen molar-refractivity contribution < 1.29 is 8.42 Å². The van der Waals surface area contributed by atoms with Gasteiger partial charge in [-0.05, 0) is 35.9 Å². The molecular formula is C14H12N4O2S. The highest BCUT2D eigenvalue weighted by Crippen LogP contribution is 2.20. The molecule has 0 saturated carbocycles. The summed E-state index contributed by atoms with van der Waals surface area (Å²) in [6.07, 6.45) is 4.49. The minimum atomic E-state index is -3.61. The van der Waals surface area contributed by atoms with Crippen molar-refractivity contribution in [1.82, 2.24) is 15.2 Å². The Morgan fingerprint density at radius 1 is 1.00 bits per heavy atom. The maximum atomic E-state index is 12.1. The summed E-state index contributed by atoms with van der Waals surface area (Å²) in [5.74, 6) is 0. The standard InChI is InChI=1S/C14H12N4O2S/c19-21(20,13-2-1-8-15-10-13)18-12-5-3-11(4-6-12)14-7-9-16-17-14/h1-10,18H,(H,16,17). The molecule has 0 unspecified atom stereocenters. The summed E-state index contributed by atoms with van der Waals surface area (Å²) in [5, 5.41) is 6.73. The monoisotopic (exact) mass is 300 g/mol. The molecule has 106 valence electrons. The van der Waals surface area contributed by atoms with Gasteiger partial charge in [0.2, 0.25) is 0 Å². The first-order valence-electron chi connectivity index (χ1n) is 6.18. The zero-order chi connectivity index (χ0) is 14.7. The van der Waals surface area contributed by atoms with E-state index in [1.54, 1.807) is 24.4 Å². The first-order valence-corrected chi connectivity index (χ1v) is 7.66. The lowest BCUT2D eigenvalue weighted by Gasteiger charge is -2.08. The van der Waals surface area contributed by atoms with Crippen LogP contribution < -0.4 is 4.72 Å². The van der Waals surface area contributed by atoms with E-state index < -0.39 is 10.0 Å². The van der Waals surface area contributed by atoms with Gasteiger partial charge in [0.05, 0.1) is 5.69 Å². The molecule has 3 rings (SSSR count). The molecule has 21 heavy (non-hydrogen) atoms. The van der Waals surface area contributed by atoms with E-state index >= 15 is 0 Å². The van der Waals surface area contributed by atoms with Crippen molar-refractivity contribution in [3.63, 3.8) is 0 Å². The van der Waals surface area contributed by atoms with Gasteiger partial charge >= 0.3 is 0 Å². The van der Waals surface area contributed by atoms with Crippen molar-refractivity contribution in [3.05, 3.63) is 61.1 Å². The molecule has 2 heterocycles. The zero-order valence-electron chi connectivity index (χ0n) is 10.9. The fraction of sp³-hybridized carbons (Fsp3) is 0. The third-order valence-electron chi connectivity index (χ3n) is 2.89. The van der Waals surface area contributed by atoms with Gasteiger partial charge in [0.25, 0.3) is 10.0 Å². The van der Waals surface area contributed by atoms with Crippen molar-refractivity contribution in [3.8, 4) is 11.3 Å². The van der Waals surface area contributed by atoms with Crippen molar-refractivity contribution >= 4 is 15.7 Å². The Bertz CT molecular complexity index is 813. The molecule has 2 aromatic heterocycles. The molecule has 1 aromatic carbocycles. The predicted molar refractivity (Wildman–Crippen MR) is 79.1 cm³/mol. The number of sulfonamides is 1. The third-order valence-corrected chi connectivity index (χ3v) is 4.26. The van der Waals surface area contributed by atoms with Gasteiger partial charge in [0.15, 0.2) is 0 Å². The molecular weight excluding hydrogens is 288 g/mol. The van der Waals surface area contributed by atoms with Gasteiger partial charge in [0.1, 0.15) is 4.90 Å². The van der Waals surface area contributed by atoms with Gasteiger partial charge in [-0.3, -0.25) is 14.8 Å². The average Bonchev–Trinajstić information content (AvgIpc) is 3.03. The number of rotatable bonds is 4. The van der Waals surface area contributed by atoms with Crippen molar-refractivity contribution in [1.29, 1.82) is 0 Å². The Morgan fingerprint density at radius 3 is 2.43 bits per heavy atom. The first-order chi connectivity index (χ1) is 10.1. The van der Waals surface area contributed by atoms with Crippen LogP contribution in [0.1, 0.15) is 0 Å². The number of nitrogens with zero attached hydrogens (tertiary/aromatic N) is 2. The highest BCUT2D eigenvalue weighted by Gasteiger charge is 2.13. The number of aromatic amines is 1. The molecule has 0 saturated heterocycles. The Hall–Kier alpha value is -2.67. The third kappa shape index (κ3) is 2.92. The normalized spacial score (nSPS) is 11.2. The molecule has 6 nitrogen and oxygen atoms in total. The highest BCUT2D eigenvalue weighted by atomic mass is 32.2. The molecule has 7 heteroatoms. The average molecular weight is 300 g/mol. The minimum absolute atomic E-state index is 0.127. The number of nitrogens with one attached hydrogen (secondary N) is 2. The molecule has 0 aliphatic rings. The summed E-state index contributed by atoms with van der Waals surface area (Å²) >= 11 is 0. The summed E-state index contributed by atoms with van der Waals surface area (Å²) in [7, 11) is -3.61. The summed E-state index contributed by atoms with van der Waals surface area (Å²) in [6.45, 7) is 0. The number of benzene rings is 1. The van der Waals surface area contributed by atoms with Crippen molar-refractivity contribution in [2.45, 2.75) is 4.90 Å². The number of H-pyrrole nitrogens is 1. The first kappa shape index (κ1) is 13.3. The van der Waals surface area contributed by atoms with E-state index in [0.29, 0.717) is 5.69 Å². The van der Waals surface area contributed by atoms with Crippen LogP contribution in [0.5, 0.6) is 0 Å². The molecule has 0 fully saturated rings. The summed E-state index contributed by atoms with van der Waals surface area (Å²) < 4.78 is 26.8. The predicted octanol–water partition coefficient (Wildman–Crippen LogP) is 2.27. The maximum Gasteiger partial charge on any atom is 0.263 e. The number of anilines is 1. The molecule has 0 atom stereocenters. The van der Waals surface area contributed by atoms with Gasteiger partial charge in [0, 0.05) is 24.3 Å². The van der Waals surface area contributed by atoms with Gasteiger partial charge in [-0.1, -0.05) is 12.1 Å². The largest absolute Gasteiger partial charge is 0.280 e. The van der Waals surface area contributed by atoms with E-state index in [1.807, 2.05) is 18.2 Å². The van der Waals surface area contributed by atoms with E-state index in [0.717, 1.165) is 11.3 Å². The van der Waals surface area contributed by atoms with Crippen LogP contribution in [0.2, 0.25) is 0 Å². The maximum absolute atomic E-state index is 12.1. The number of hydrogen-bond acceptors (Lipinski definition) is 4. The van der Waals surface area contributed by atoms with Gasteiger partial charge in [-0.15, -0.1) is 0 Å². The number of pyridine rings is 1. The van der Waals surface area contributed by atoms with Crippen LogP contribution in [0.4, 0.5) is 5.69 Å². The SMILES string of the molecule is O=S(=O)(Nc1ccc(-c2ccn[nH]2)cc1)c1cccnc1. The Morgan fingerprint density at radius 2 is 1.81 bits per heavy atom. The number of hydrogen-bond donors (Lipinski definition) is 2. The Balaban J connectivity index is 1.83. The quantitative estimate of drug-likeness (QED) is 0.773. The zero-order valence-corrected chi connectivity index (χ0v) is 11.7. The Kier molecular flexibility index (Phi) is 3.41. The van der Waals surface area contributed by atoms with E-state index in [4.69, 9.17) is 0 Å². The van der Waals surface area contributed by atoms with Gasteiger partial charge in [-0.2, -0.15) is 5.10 Å². The van der Waals surface area contributed by atoms with Crippen LogP contribution >= 0.6 is 0 Å². The lowest BCUT2D eigenvalue weighted by atomic mass is 10.1. The summed E-state index contributed by atoms with van der Waals surface area (Å²) in [5.41, 5.74) is 2.29. The van der Waals surface area contributed by atoms with Crippen LogP contribution in [0.15, 0.2) is 66.0 Å². The van der Waals surface area contributed by atoms with E-state index in [1.165, 1.54) is 18.5 Å². The second-order valence-corrected chi connectivity index (χ2v) is 6.02. The molecule has 0 aliphatic carbocycles. The van der Waals surface area contributed by atoms with Crippen LogP contribution in [0, 0.1) is 0 Å². The molecule has 0 amide bonds. The van der Waals surface area contributed by atoms with Gasteiger partial charge < -0.3 is 0 Å². The Labute approximate surface area is 121 Å². The summed E-state index contributed by atoms with van der Waals surface area (Å²) in [4.78, 5) is 3.94. The van der Waals surface area contributed by atoms with Crippen LogP contribution in [0.25, 0.3) is 11.3 Å². The highest BCUT2D eigenvalue weighted by molar-refractivity contribution is 7.92. The summed E-state index contributed by atoms with van der Waals surface area (Å²) in [6, 6.07) is 11.9. The van der Waals surface area contributed by atoms with E-state index in [-0.39, 0.29) is 4.90 Å². The smallest absolute Gasteiger partial charge is 0.263 e. The molecule has 3 aromatic rings. The molecule has 2 N–H and O–H groups in total. The molecule has 0 aliphatic heterocycles. The molecule has 0 bridgehead atoms. The fourth-order valence-corrected chi connectivity index (χ4v) is 2.88. The van der Waals surface area contributed by atoms with Crippen LogP contribution in [-0.2, 0) is 10.0 Å². The fourth-order valence-electron chi connectivity index (χ4n) is 1.85. The van der Waals surface area contributed by atoms with Crippen molar-refractivity contribution in [2.24, 2.45) is 0 Å². The van der Waals surface area contributed by atoms with E-state index in [2.05, 4.69) is 19.9 Å². The van der Waals surface area contributed by atoms with Gasteiger partial charge in [-0.25, -0.2) is 8.42 Å². The minimum Gasteiger partial charge on any atom is -0.280 e. The molecule has 0 radical (unpaired) electrons. The van der Waals surface area contributed by atoms with Crippen molar-refractivity contribution in [2.75, 3.05) is 4.72 Å². The lowest BCUT2D eigenvalue weighted by molar-refractivity contribution is 0.601. The number of aromatic nitrogens is 3.